The minimum absolute atomic E-state index is 0.118. The van der Waals surface area contributed by atoms with Crippen molar-refractivity contribution in [2.24, 2.45) is 0 Å². The third-order valence-electron chi connectivity index (χ3n) is 6.11. The maximum atomic E-state index is 13.6. The second-order valence-electron chi connectivity index (χ2n) is 8.68. The highest BCUT2D eigenvalue weighted by Crippen LogP contribution is 2.35. The van der Waals surface area contributed by atoms with E-state index < -0.39 is 5.25 Å². The van der Waals surface area contributed by atoms with Crippen LogP contribution in [0, 0.1) is 6.92 Å². The van der Waals surface area contributed by atoms with Gasteiger partial charge in [0.2, 0.25) is 12.7 Å². The maximum Gasteiger partial charge on any atom is 0.262 e. The van der Waals surface area contributed by atoms with Crippen molar-refractivity contribution < 1.29 is 14.3 Å². The molecule has 0 fully saturated rings. The molecule has 5 rings (SSSR count). The average Bonchev–Trinajstić information content (AvgIpc) is 3.35. The highest BCUT2D eigenvalue weighted by molar-refractivity contribution is 8.00. The molecule has 4 aromatic rings. The molecule has 1 aliphatic heterocycles. The molecular weight excluding hydrogens is 474 g/mol. The molecule has 1 aliphatic rings. The van der Waals surface area contributed by atoms with E-state index in [0.29, 0.717) is 46.9 Å². The summed E-state index contributed by atoms with van der Waals surface area (Å²) in [6.45, 7) is 4.52. The van der Waals surface area contributed by atoms with E-state index in [1.54, 1.807) is 16.7 Å². The Morgan fingerprint density at radius 3 is 2.53 bits per heavy atom. The fraction of sp³-hybridized carbons (Fsp3) is 0.250. The van der Waals surface area contributed by atoms with Gasteiger partial charge in [-0.15, -0.1) is 0 Å². The largest absolute Gasteiger partial charge is 0.454 e. The zero-order valence-corrected chi connectivity index (χ0v) is 21.0. The molecule has 2 heterocycles. The molecule has 1 aromatic heterocycles. The molecule has 1 amide bonds. The Bertz CT molecular complexity index is 1450. The number of anilines is 1. The summed E-state index contributed by atoms with van der Waals surface area (Å²) in [7, 11) is 0. The van der Waals surface area contributed by atoms with E-state index in [2.05, 4.69) is 5.32 Å². The summed E-state index contributed by atoms with van der Waals surface area (Å²) in [4.78, 5) is 31.6. The van der Waals surface area contributed by atoms with E-state index in [0.717, 1.165) is 16.8 Å². The van der Waals surface area contributed by atoms with Crippen molar-refractivity contribution >= 4 is 34.3 Å². The summed E-state index contributed by atoms with van der Waals surface area (Å²) >= 11 is 1.31. The van der Waals surface area contributed by atoms with E-state index in [9.17, 15) is 9.59 Å². The van der Waals surface area contributed by atoms with Gasteiger partial charge in [0.25, 0.3) is 5.56 Å². The molecule has 0 aliphatic carbocycles. The summed E-state index contributed by atoms with van der Waals surface area (Å²) in [5.41, 5.74) is 3.35. The molecule has 184 valence electrons. The topological polar surface area (TPSA) is 82.5 Å². The van der Waals surface area contributed by atoms with Crippen LogP contribution in [0.2, 0.25) is 0 Å². The van der Waals surface area contributed by atoms with E-state index in [1.165, 1.54) is 11.8 Å². The highest BCUT2D eigenvalue weighted by Gasteiger charge is 2.24. The number of aryl methyl sites for hydroxylation is 2. The Kier molecular flexibility index (Phi) is 6.95. The molecule has 0 saturated carbocycles. The number of aromatic nitrogens is 2. The molecule has 7 nitrogen and oxygen atoms in total. The number of hydrogen-bond acceptors (Lipinski definition) is 6. The maximum absolute atomic E-state index is 13.6. The first-order valence-electron chi connectivity index (χ1n) is 11.9. The molecule has 0 radical (unpaired) electrons. The number of carbonyl (C=O) groups is 1. The van der Waals surface area contributed by atoms with Gasteiger partial charge in [-0.2, -0.15) is 0 Å². The third kappa shape index (κ3) is 5.09. The Hall–Kier alpha value is -3.78. The van der Waals surface area contributed by atoms with Crippen molar-refractivity contribution in [1.29, 1.82) is 0 Å². The first kappa shape index (κ1) is 23.9. The molecular formula is C28H27N3O4S. The highest BCUT2D eigenvalue weighted by atomic mass is 32.2. The van der Waals surface area contributed by atoms with Gasteiger partial charge in [-0.1, -0.05) is 66.7 Å². The van der Waals surface area contributed by atoms with Crippen molar-refractivity contribution in [3.8, 4) is 11.5 Å². The van der Waals surface area contributed by atoms with Gasteiger partial charge in [-0.3, -0.25) is 14.2 Å². The second-order valence-corrected chi connectivity index (χ2v) is 9.85. The van der Waals surface area contributed by atoms with Gasteiger partial charge in [0, 0.05) is 18.3 Å². The zero-order valence-electron chi connectivity index (χ0n) is 20.2. The predicted octanol–water partition coefficient (Wildman–Crippen LogP) is 5.19. The molecule has 0 spiro atoms. The Morgan fingerprint density at radius 2 is 1.81 bits per heavy atom. The van der Waals surface area contributed by atoms with E-state index in [-0.39, 0.29) is 18.3 Å². The molecule has 8 heteroatoms. The summed E-state index contributed by atoms with van der Waals surface area (Å²) in [5, 5.41) is 3.54. The number of thioether (sulfide) groups is 1. The molecule has 3 aromatic carbocycles. The minimum Gasteiger partial charge on any atom is -0.454 e. The first-order chi connectivity index (χ1) is 17.5. The van der Waals surface area contributed by atoms with Crippen LogP contribution in [0.3, 0.4) is 0 Å². The normalized spacial score (nSPS) is 13.1. The van der Waals surface area contributed by atoms with Crippen LogP contribution >= 0.6 is 11.8 Å². The van der Waals surface area contributed by atoms with Gasteiger partial charge in [0.1, 0.15) is 0 Å². The molecule has 1 atom stereocenters. The van der Waals surface area contributed by atoms with Crippen molar-refractivity contribution in [2.75, 3.05) is 12.1 Å². The van der Waals surface area contributed by atoms with Crippen LogP contribution in [0.25, 0.3) is 10.9 Å². The number of nitrogens with one attached hydrogen (secondary N) is 1. The molecule has 0 saturated heterocycles. The molecule has 0 bridgehead atoms. The lowest BCUT2D eigenvalue weighted by molar-refractivity contribution is -0.115. The van der Waals surface area contributed by atoms with E-state index in [1.807, 2.05) is 68.4 Å². The van der Waals surface area contributed by atoms with Gasteiger partial charge in [0.05, 0.1) is 16.2 Å². The molecule has 36 heavy (non-hydrogen) atoms. The lowest BCUT2D eigenvalue weighted by Crippen LogP contribution is -2.28. The van der Waals surface area contributed by atoms with E-state index in [4.69, 9.17) is 14.5 Å². The van der Waals surface area contributed by atoms with Crippen molar-refractivity contribution in [3.05, 3.63) is 88.2 Å². The second kappa shape index (κ2) is 10.5. The summed E-state index contributed by atoms with van der Waals surface area (Å²) in [6, 6.07) is 21.1. The number of amides is 1. The smallest absolute Gasteiger partial charge is 0.262 e. The number of ether oxygens (including phenoxy) is 2. The van der Waals surface area contributed by atoms with Crippen LogP contribution in [0.4, 0.5) is 5.69 Å². The monoisotopic (exact) mass is 501 g/mol. The summed E-state index contributed by atoms with van der Waals surface area (Å²) in [5.74, 6) is 0.984. The predicted molar refractivity (Wildman–Crippen MR) is 142 cm³/mol. The number of carbonyl (C=O) groups excluding carboxylic acids is 1. The zero-order chi connectivity index (χ0) is 25.1. The number of hydrogen-bond donors (Lipinski definition) is 1. The van der Waals surface area contributed by atoms with Crippen LogP contribution in [0.5, 0.6) is 11.5 Å². The molecule has 0 unspecified atom stereocenters. The summed E-state index contributed by atoms with van der Waals surface area (Å²) < 4.78 is 12.6. The van der Waals surface area contributed by atoms with Gasteiger partial charge in [-0.05, 0) is 43.5 Å². The number of rotatable bonds is 8. The Labute approximate surface area is 213 Å². The Morgan fingerprint density at radius 1 is 1.08 bits per heavy atom. The van der Waals surface area contributed by atoms with Gasteiger partial charge >= 0.3 is 0 Å². The SMILES string of the molecule is CC[C@@H](Sc1nc2cc3c(cc2c(=O)n1CCc1ccccc1)OCO3)C(=O)Nc1ccc(C)cc1. The fourth-order valence-electron chi connectivity index (χ4n) is 4.07. The quantitative estimate of drug-likeness (QED) is 0.264. The van der Waals surface area contributed by atoms with Crippen LogP contribution in [-0.2, 0) is 17.8 Å². The lowest BCUT2D eigenvalue weighted by atomic mass is 10.1. The first-order valence-corrected chi connectivity index (χ1v) is 12.8. The van der Waals surface area contributed by atoms with Crippen molar-refractivity contribution in [3.63, 3.8) is 0 Å². The summed E-state index contributed by atoms with van der Waals surface area (Å²) in [6.07, 6.45) is 1.24. The Balaban J connectivity index is 1.49. The lowest BCUT2D eigenvalue weighted by Gasteiger charge is -2.18. The van der Waals surface area contributed by atoms with Gasteiger partial charge < -0.3 is 14.8 Å². The number of benzene rings is 3. The van der Waals surface area contributed by atoms with Crippen LogP contribution in [0.15, 0.2) is 76.7 Å². The number of nitrogens with zero attached hydrogens (tertiary/aromatic N) is 2. The van der Waals surface area contributed by atoms with Gasteiger partial charge in [0.15, 0.2) is 16.7 Å². The average molecular weight is 502 g/mol. The van der Waals surface area contributed by atoms with Crippen LogP contribution in [-0.4, -0.2) is 27.5 Å². The standard InChI is InChI=1S/C28H27N3O4S/c1-3-25(26(32)29-20-11-9-18(2)10-12-20)36-28-30-22-16-24-23(34-17-35-24)15-21(22)27(33)31(28)14-13-19-7-5-4-6-8-19/h4-12,15-16,25H,3,13-14,17H2,1-2H3,(H,29,32)/t25-/m1/s1. The minimum atomic E-state index is -0.423. The van der Waals surface area contributed by atoms with Crippen LogP contribution < -0.4 is 20.3 Å². The number of fused-ring (bicyclic) bond motifs is 2. The fourth-order valence-corrected chi connectivity index (χ4v) is 5.11. The van der Waals surface area contributed by atoms with Gasteiger partial charge in [-0.25, -0.2) is 4.98 Å². The van der Waals surface area contributed by atoms with Crippen molar-refractivity contribution in [2.45, 2.75) is 43.6 Å². The van der Waals surface area contributed by atoms with E-state index >= 15 is 0 Å². The molecule has 1 N–H and O–H groups in total. The third-order valence-corrected chi connectivity index (χ3v) is 7.46. The van der Waals surface area contributed by atoms with Crippen LogP contribution in [0.1, 0.15) is 24.5 Å². The van der Waals surface area contributed by atoms with Crippen molar-refractivity contribution in [1.82, 2.24) is 9.55 Å².